The highest BCUT2D eigenvalue weighted by Gasteiger charge is 1.89. The first-order valence-electron chi connectivity index (χ1n) is 3.48. The summed E-state index contributed by atoms with van der Waals surface area (Å²) in [7, 11) is 0. The monoisotopic (exact) mass is 173 g/mol. The molecule has 0 fully saturated rings. The Hall–Kier alpha value is -0.150. The number of aryl methyl sites for hydroxylation is 1. The van der Waals surface area contributed by atoms with Crippen molar-refractivity contribution in [2.45, 2.75) is 26.3 Å². The summed E-state index contributed by atoms with van der Waals surface area (Å²) >= 11 is 6.71. The summed E-state index contributed by atoms with van der Waals surface area (Å²) in [5.41, 5.74) is 0. The molecule has 0 aromatic carbocycles. The van der Waals surface area contributed by atoms with E-state index >= 15 is 0 Å². The van der Waals surface area contributed by atoms with E-state index < -0.39 is 0 Å². The van der Waals surface area contributed by atoms with Gasteiger partial charge in [-0.3, -0.25) is 0 Å². The third kappa shape index (κ3) is 1.92. The molecule has 0 unspecified atom stereocenters. The molecular weight excluding hydrogens is 162 g/mol. The molecule has 0 N–H and O–H groups in total. The van der Waals surface area contributed by atoms with Gasteiger partial charge < -0.3 is 4.57 Å². The van der Waals surface area contributed by atoms with Crippen molar-refractivity contribution in [3.8, 4) is 0 Å². The fraction of sp³-hybridized carbons (Fsp3) is 0.571. The van der Waals surface area contributed by atoms with Crippen molar-refractivity contribution in [3.63, 3.8) is 0 Å². The van der Waals surface area contributed by atoms with Gasteiger partial charge in [0, 0.05) is 18.1 Å². The maximum Gasteiger partial charge on any atom is 0.161 e. The Balaban J connectivity index is 2.57. The molecule has 0 saturated carbocycles. The molecule has 56 valence electrons. The zero-order chi connectivity index (χ0) is 7.40. The zero-order valence-electron chi connectivity index (χ0n) is 6.04. The largest absolute Gasteiger partial charge is 0.330 e. The van der Waals surface area contributed by atoms with Gasteiger partial charge in [-0.25, -0.2) is 0 Å². The molecule has 0 aliphatic rings. The van der Waals surface area contributed by atoms with Crippen LogP contribution in [0.25, 0.3) is 0 Å². The molecule has 0 amide bonds. The highest BCUT2D eigenvalue weighted by Crippen LogP contribution is 2.04. The molecule has 1 heterocycles. The highest BCUT2D eigenvalue weighted by atomic mass is 32.1. The molecule has 0 radical (unpaired) electrons. The van der Waals surface area contributed by atoms with Crippen LogP contribution in [-0.2, 0) is 6.54 Å². The fourth-order valence-corrected chi connectivity index (χ4v) is 1.72. The van der Waals surface area contributed by atoms with Crippen LogP contribution in [-0.4, -0.2) is 4.57 Å². The van der Waals surface area contributed by atoms with Crippen LogP contribution in [0.5, 0.6) is 0 Å². The molecule has 1 rings (SSSR count). The summed E-state index contributed by atoms with van der Waals surface area (Å²) in [5.74, 6) is 0. The zero-order valence-corrected chi connectivity index (χ0v) is 7.67. The molecule has 0 aliphatic carbocycles. The molecule has 0 saturated heterocycles. The van der Waals surface area contributed by atoms with Gasteiger partial charge in [-0.1, -0.05) is 13.3 Å². The van der Waals surface area contributed by atoms with Crippen LogP contribution in [0.3, 0.4) is 0 Å². The summed E-state index contributed by atoms with van der Waals surface area (Å²) in [5, 5.41) is 2.04. The average Bonchev–Trinajstić information content (AvgIpc) is 2.31. The Labute approximate surface area is 70.3 Å². The van der Waals surface area contributed by atoms with Crippen molar-refractivity contribution in [1.29, 1.82) is 0 Å². The molecule has 0 atom stereocenters. The van der Waals surface area contributed by atoms with Crippen molar-refractivity contribution < 1.29 is 0 Å². The van der Waals surface area contributed by atoms with E-state index in [1.807, 2.05) is 5.38 Å². The first-order valence-corrected chi connectivity index (χ1v) is 4.77. The van der Waals surface area contributed by atoms with Crippen molar-refractivity contribution >= 4 is 23.6 Å². The van der Waals surface area contributed by atoms with E-state index in [2.05, 4.69) is 17.7 Å². The lowest BCUT2D eigenvalue weighted by Crippen LogP contribution is -1.93. The Morgan fingerprint density at radius 1 is 1.70 bits per heavy atom. The number of hydrogen-bond donors (Lipinski definition) is 0. The first kappa shape index (κ1) is 7.95. The van der Waals surface area contributed by atoms with Crippen LogP contribution >= 0.6 is 23.6 Å². The predicted molar refractivity (Wildman–Crippen MR) is 48.1 cm³/mol. The number of aromatic nitrogens is 1. The Bertz CT molecular complexity index is 236. The van der Waals surface area contributed by atoms with Crippen LogP contribution in [0.4, 0.5) is 0 Å². The first-order chi connectivity index (χ1) is 4.84. The minimum absolute atomic E-state index is 0.994. The number of unbranched alkanes of at least 4 members (excludes halogenated alkanes) is 1. The molecule has 1 aromatic rings. The van der Waals surface area contributed by atoms with Crippen molar-refractivity contribution in [1.82, 2.24) is 4.57 Å². The molecule has 1 nitrogen and oxygen atoms in total. The maximum atomic E-state index is 5.08. The van der Waals surface area contributed by atoms with Gasteiger partial charge in [0.05, 0.1) is 0 Å². The van der Waals surface area contributed by atoms with Crippen LogP contribution in [0, 0.1) is 3.95 Å². The smallest absolute Gasteiger partial charge is 0.161 e. The minimum atomic E-state index is 0.994. The van der Waals surface area contributed by atoms with Crippen LogP contribution in [0.1, 0.15) is 19.8 Å². The van der Waals surface area contributed by atoms with Crippen LogP contribution in [0.2, 0.25) is 0 Å². The fourth-order valence-electron chi connectivity index (χ4n) is 0.785. The quantitative estimate of drug-likeness (QED) is 0.636. The second-order valence-electron chi connectivity index (χ2n) is 2.22. The topological polar surface area (TPSA) is 4.93 Å². The van der Waals surface area contributed by atoms with E-state index in [0.29, 0.717) is 0 Å². The molecule has 10 heavy (non-hydrogen) atoms. The summed E-state index contributed by atoms with van der Waals surface area (Å²) in [6, 6.07) is 0. The number of nitrogens with zero attached hydrogens (tertiary/aromatic N) is 1. The Morgan fingerprint density at radius 2 is 2.50 bits per heavy atom. The van der Waals surface area contributed by atoms with Crippen molar-refractivity contribution in [2.75, 3.05) is 0 Å². The summed E-state index contributed by atoms with van der Waals surface area (Å²) < 4.78 is 3.12. The van der Waals surface area contributed by atoms with Gasteiger partial charge in [0.1, 0.15) is 0 Å². The lowest BCUT2D eigenvalue weighted by atomic mass is 10.3. The van der Waals surface area contributed by atoms with Gasteiger partial charge >= 0.3 is 0 Å². The average molecular weight is 173 g/mol. The lowest BCUT2D eigenvalue weighted by molar-refractivity contribution is 0.632. The van der Waals surface area contributed by atoms with Crippen LogP contribution in [0.15, 0.2) is 11.6 Å². The highest BCUT2D eigenvalue weighted by molar-refractivity contribution is 7.73. The summed E-state index contributed by atoms with van der Waals surface area (Å²) in [6.45, 7) is 3.27. The summed E-state index contributed by atoms with van der Waals surface area (Å²) in [4.78, 5) is 0. The number of hydrogen-bond acceptors (Lipinski definition) is 2. The number of rotatable bonds is 3. The lowest BCUT2D eigenvalue weighted by Gasteiger charge is -1.97. The normalized spacial score (nSPS) is 10.1. The second-order valence-corrected chi connectivity index (χ2v) is 3.76. The van der Waals surface area contributed by atoms with Crippen molar-refractivity contribution in [2.24, 2.45) is 0 Å². The molecular formula is C7H11NS2. The van der Waals surface area contributed by atoms with Gasteiger partial charge in [0.2, 0.25) is 0 Å². The molecule has 0 bridgehead atoms. The van der Waals surface area contributed by atoms with Gasteiger partial charge in [-0.15, -0.1) is 11.3 Å². The van der Waals surface area contributed by atoms with E-state index in [-0.39, 0.29) is 0 Å². The van der Waals surface area contributed by atoms with Gasteiger partial charge in [-0.05, 0) is 18.6 Å². The maximum absolute atomic E-state index is 5.08. The Kier molecular flexibility index (Phi) is 3.09. The number of thiazole rings is 1. The van der Waals surface area contributed by atoms with E-state index in [1.54, 1.807) is 11.3 Å². The Morgan fingerprint density at radius 3 is 3.00 bits per heavy atom. The van der Waals surface area contributed by atoms with Gasteiger partial charge in [0.15, 0.2) is 3.95 Å². The van der Waals surface area contributed by atoms with E-state index in [0.717, 1.165) is 10.5 Å². The van der Waals surface area contributed by atoms with Gasteiger partial charge in [-0.2, -0.15) is 0 Å². The third-order valence-corrected chi connectivity index (χ3v) is 2.61. The van der Waals surface area contributed by atoms with Gasteiger partial charge in [0.25, 0.3) is 0 Å². The SMILES string of the molecule is CCCCn1ccsc1=S. The van der Waals surface area contributed by atoms with E-state index in [4.69, 9.17) is 12.2 Å². The van der Waals surface area contributed by atoms with E-state index in [9.17, 15) is 0 Å². The molecule has 1 aromatic heterocycles. The van der Waals surface area contributed by atoms with E-state index in [1.165, 1.54) is 12.8 Å². The van der Waals surface area contributed by atoms with Crippen molar-refractivity contribution in [3.05, 3.63) is 15.5 Å². The molecule has 0 spiro atoms. The minimum Gasteiger partial charge on any atom is -0.330 e. The molecule has 0 aliphatic heterocycles. The third-order valence-electron chi connectivity index (χ3n) is 1.40. The predicted octanol–water partition coefficient (Wildman–Crippen LogP) is 3.08. The second kappa shape index (κ2) is 3.88. The van der Waals surface area contributed by atoms with Crippen LogP contribution < -0.4 is 0 Å². The standard InChI is InChI=1S/C7H11NS2/c1-2-3-4-8-5-6-10-7(8)9/h5-6H,2-4H2,1H3. The molecule has 3 heteroatoms. The summed E-state index contributed by atoms with van der Waals surface area (Å²) in [6.07, 6.45) is 4.52.